The van der Waals surface area contributed by atoms with Crippen molar-refractivity contribution in [3.63, 3.8) is 0 Å². The van der Waals surface area contributed by atoms with E-state index >= 15 is 0 Å². The summed E-state index contributed by atoms with van der Waals surface area (Å²) in [6.07, 6.45) is -17.6. The molecule has 0 aliphatic carbocycles. The van der Waals surface area contributed by atoms with Crippen LogP contribution in [0, 0.1) is 0 Å². The zero-order valence-corrected chi connectivity index (χ0v) is 12.4. The molecular weight excluding hydrogens is 331 g/mol. The fourth-order valence-corrected chi connectivity index (χ4v) is 6.38. The average molecular weight is 348 g/mol. The van der Waals surface area contributed by atoms with Crippen LogP contribution in [0.4, 0.5) is 39.5 Å². The molecule has 0 rings (SSSR count). The highest BCUT2D eigenvalue weighted by Crippen LogP contribution is 2.39. The zero-order chi connectivity index (χ0) is 16.9. The lowest BCUT2D eigenvalue weighted by Gasteiger charge is -2.32. The van der Waals surface area contributed by atoms with Crippen LogP contribution >= 0.6 is 0 Å². The molecule has 0 aromatic heterocycles. The van der Waals surface area contributed by atoms with Gasteiger partial charge in [0.15, 0.2) is 0 Å². The third-order valence-corrected chi connectivity index (χ3v) is 9.00. The molecule has 0 fully saturated rings. The second kappa shape index (κ2) is 7.23. The van der Waals surface area contributed by atoms with Crippen molar-refractivity contribution < 1.29 is 39.5 Å². The normalized spacial score (nSPS) is 14.6. The molecular formula is C11H17F9Si. The maximum absolute atomic E-state index is 12.2. The van der Waals surface area contributed by atoms with Crippen LogP contribution in [-0.2, 0) is 0 Å². The van der Waals surface area contributed by atoms with Crippen LogP contribution in [0.1, 0.15) is 26.2 Å². The van der Waals surface area contributed by atoms with Gasteiger partial charge in [-0.25, -0.2) is 0 Å². The Balaban J connectivity index is 4.91. The Morgan fingerprint density at radius 1 is 0.571 bits per heavy atom. The molecule has 0 unspecified atom stereocenters. The van der Waals surface area contributed by atoms with E-state index in [0.717, 1.165) is 0 Å². The summed E-state index contributed by atoms with van der Waals surface area (Å²) in [7, 11) is -3.26. The highest BCUT2D eigenvalue weighted by atomic mass is 28.3. The van der Waals surface area contributed by atoms with Gasteiger partial charge in [0.1, 0.15) is 0 Å². The average Bonchev–Trinajstić information content (AvgIpc) is 2.25. The molecule has 0 N–H and O–H groups in total. The Morgan fingerprint density at radius 3 is 0.952 bits per heavy atom. The molecule has 10 heteroatoms. The van der Waals surface area contributed by atoms with Gasteiger partial charge in [-0.15, -0.1) is 0 Å². The minimum Gasteiger partial charge on any atom is -0.171 e. The Kier molecular flexibility index (Phi) is 7.09. The molecule has 0 saturated heterocycles. The molecule has 0 aliphatic heterocycles. The minimum absolute atomic E-state index is 0.0186. The molecule has 0 aromatic rings. The van der Waals surface area contributed by atoms with Gasteiger partial charge >= 0.3 is 18.5 Å². The van der Waals surface area contributed by atoms with Crippen LogP contribution < -0.4 is 0 Å². The summed E-state index contributed by atoms with van der Waals surface area (Å²) in [5, 5.41) is 0. The standard InChI is InChI=1S/C11H17F9Si/c1-2-21(6-3-9(12,13)14,7-4-10(15,16)17)8-5-11(18,19)20/h2-8H2,1H3. The minimum atomic E-state index is -4.57. The quantitative estimate of drug-likeness (QED) is 0.373. The predicted octanol–water partition coefficient (Wildman–Crippen LogP) is 6.31. The lowest BCUT2D eigenvalue weighted by Crippen LogP contribution is -2.37. The van der Waals surface area contributed by atoms with E-state index < -0.39 is 64.0 Å². The van der Waals surface area contributed by atoms with Crippen molar-refractivity contribution in [3.05, 3.63) is 0 Å². The summed E-state index contributed by atoms with van der Waals surface area (Å²) < 4.78 is 110. The lowest BCUT2D eigenvalue weighted by molar-refractivity contribution is -0.132. The molecule has 0 atom stereocenters. The van der Waals surface area contributed by atoms with Crippen LogP contribution in [0.2, 0.25) is 24.2 Å². The fourth-order valence-electron chi connectivity index (χ4n) is 2.13. The van der Waals surface area contributed by atoms with Crippen molar-refractivity contribution in [1.29, 1.82) is 0 Å². The summed E-state index contributed by atoms with van der Waals surface area (Å²) in [4.78, 5) is 0. The van der Waals surface area contributed by atoms with Gasteiger partial charge in [-0.3, -0.25) is 0 Å². The molecule has 0 bridgehead atoms. The topological polar surface area (TPSA) is 0 Å². The smallest absolute Gasteiger partial charge is 0.171 e. The van der Waals surface area contributed by atoms with Crippen LogP contribution in [0.25, 0.3) is 0 Å². The highest BCUT2D eigenvalue weighted by molar-refractivity contribution is 6.79. The van der Waals surface area contributed by atoms with Crippen molar-refractivity contribution in [2.45, 2.75) is 68.9 Å². The molecule has 0 radical (unpaired) electrons. The summed E-state index contributed by atoms with van der Waals surface area (Å²) in [5.74, 6) is 0. The Morgan fingerprint density at radius 2 is 0.810 bits per heavy atom. The molecule has 0 nitrogen and oxygen atoms in total. The van der Waals surface area contributed by atoms with E-state index in [1.165, 1.54) is 6.92 Å². The Bertz CT molecular complexity index is 257. The SMILES string of the molecule is CC[Si](CCC(F)(F)F)(CCC(F)(F)F)CCC(F)(F)F. The van der Waals surface area contributed by atoms with E-state index in [4.69, 9.17) is 0 Å². The van der Waals surface area contributed by atoms with E-state index in [9.17, 15) is 39.5 Å². The van der Waals surface area contributed by atoms with Crippen molar-refractivity contribution in [2.24, 2.45) is 0 Å². The maximum Gasteiger partial charge on any atom is 0.388 e. The number of alkyl halides is 9. The van der Waals surface area contributed by atoms with Crippen LogP contribution in [0.5, 0.6) is 0 Å². The first kappa shape index (κ1) is 20.6. The molecule has 0 heterocycles. The molecule has 0 aliphatic rings. The van der Waals surface area contributed by atoms with Crippen molar-refractivity contribution in [2.75, 3.05) is 0 Å². The summed E-state index contributed by atoms with van der Waals surface area (Å²) >= 11 is 0. The monoisotopic (exact) mass is 348 g/mol. The maximum atomic E-state index is 12.2. The molecule has 0 amide bonds. The molecule has 0 aromatic carbocycles. The predicted molar refractivity (Wildman–Crippen MR) is 62.7 cm³/mol. The van der Waals surface area contributed by atoms with Crippen LogP contribution in [0.15, 0.2) is 0 Å². The van der Waals surface area contributed by atoms with E-state index in [-0.39, 0.29) is 6.04 Å². The first-order valence-corrected chi connectivity index (χ1v) is 9.21. The van der Waals surface area contributed by atoms with Crippen molar-refractivity contribution in [1.82, 2.24) is 0 Å². The first-order chi connectivity index (χ1) is 9.18. The van der Waals surface area contributed by atoms with Crippen molar-refractivity contribution in [3.8, 4) is 0 Å². The fraction of sp³-hybridized carbons (Fsp3) is 1.00. The number of rotatable bonds is 7. The molecule has 0 saturated carbocycles. The lowest BCUT2D eigenvalue weighted by atomic mass is 10.5. The number of hydrogen-bond acceptors (Lipinski definition) is 0. The van der Waals surface area contributed by atoms with Gasteiger partial charge < -0.3 is 0 Å². The highest BCUT2D eigenvalue weighted by Gasteiger charge is 2.42. The Labute approximate surface area is 117 Å². The van der Waals surface area contributed by atoms with E-state index in [2.05, 4.69) is 0 Å². The third-order valence-electron chi connectivity index (χ3n) is 3.57. The van der Waals surface area contributed by atoms with Gasteiger partial charge in [0.2, 0.25) is 0 Å². The third kappa shape index (κ3) is 10.9. The van der Waals surface area contributed by atoms with Crippen molar-refractivity contribution >= 4 is 8.07 Å². The number of hydrogen-bond donors (Lipinski definition) is 0. The Hall–Kier alpha value is -0.413. The molecule has 21 heavy (non-hydrogen) atoms. The second-order valence-electron chi connectivity index (χ2n) is 5.20. The van der Waals surface area contributed by atoms with Crippen LogP contribution in [-0.4, -0.2) is 26.6 Å². The van der Waals surface area contributed by atoms with E-state index in [1.807, 2.05) is 0 Å². The summed E-state index contributed by atoms with van der Waals surface area (Å²) in [6.45, 7) is 1.38. The van der Waals surface area contributed by atoms with Gasteiger partial charge in [-0.05, 0) is 18.1 Å². The van der Waals surface area contributed by atoms with Gasteiger partial charge in [0.25, 0.3) is 0 Å². The van der Waals surface area contributed by atoms with E-state index in [0.29, 0.717) is 0 Å². The molecule has 128 valence electrons. The van der Waals surface area contributed by atoms with Gasteiger partial charge in [0, 0.05) is 19.3 Å². The summed E-state index contributed by atoms with van der Waals surface area (Å²) in [5.41, 5.74) is 0. The largest absolute Gasteiger partial charge is 0.388 e. The first-order valence-electron chi connectivity index (χ1n) is 6.38. The van der Waals surface area contributed by atoms with Gasteiger partial charge in [0.05, 0.1) is 8.07 Å². The van der Waals surface area contributed by atoms with Crippen LogP contribution in [0.3, 0.4) is 0 Å². The van der Waals surface area contributed by atoms with E-state index in [1.54, 1.807) is 0 Å². The second-order valence-corrected chi connectivity index (χ2v) is 10.4. The van der Waals surface area contributed by atoms with Gasteiger partial charge in [-0.1, -0.05) is 13.0 Å². The molecule has 0 spiro atoms. The van der Waals surface area contributed by atoms with Gasteiger partial charge in [-0.2, -0.15) is 39.5 Å². The number of halogens is 9. The zero-order valence-electron chi connectivity index (χ0n) is 11.4. The summed E-state index contributed by atoms with van der Waals surface area (Å²) in [6, 6.07) is -1.77.